The SMILES string of the molecule is CCCCCCCCCCOc1ccc(C(=O)Oc2ccc(C(=O)Oc3ccc(C#N)cc3)cc2)cc1. The van der Waals surface area contributed by atoms with Gasteiger partial charge < -0.3 is 14.2 Å². The maximum atomic E-state index is 12.5. The summed E-state index contributed by atoms with van der Waals surface area (Å²) in [5.74, 6) is 0.331. The Hall–Kier alpha value is -4.11. The van der Waals surface area contributed by atoms with Crippen LogP contribution in [0.5, 0.6) is 17.2 Å². The summed E-state index contributed by atoms with van der Waals surface area (Å²) in [7, 11) is 0. The number of hydrogen-bond acceptors (Lipinski definition) is 6. The van der Waals surface area contributed by atoms with Gasteiger partial charge in [-0.1, -0.05) is 51.9 Å². The van der Waals surface area contributed by atoms with Crippen molar-refractivity contribution in [2.75, 3.05) is 6.61 Å². The van der Waals surface area contributed by atoms with Gasteiger partial charge in [0.2, 0.25) is 0 Å². The number of hydrogen-bond donors (Lipinski definition) is 0. The zero-order chi connectivity index (χ0) is 26.3. The molecule has 3 aromatic rings. The number of unbranched alkanes of at least 4 members (excludes halogenated alkanes) is 7. The predicted octanol–water partition coefficient (Wildman–Crippen LogP) is 7.52. The van der Waals surface area contributed by atoms with Gasteiger partial charge >= 0.3 is 11.9 Å². The second kappa shape index (κ2) is 15.1. The fourth-order valence-electron chi connectivity index (χ4n) is 3.70. The smallest absolute Gasteiger partial charge is 0.343 e. The molecule has 0 bridgehead atoms. The highest BCUT2D eigenvalue weighted by Crippen LogP contribution is 2.19. The Kier molecular flexibility index (Phi) is 11.2. The van der Waals surface area contributed by atoms with Crippen molar-refractivity contribution in [1.29, 1.82) is 5.26 Å². The van der Waals surface area contributed by atoms with Gasteiger partial charge in [0, 0.05) is 0 Å². The van der Waals surface area contributed by atoms with Crippen molar-refractivity contribution in [3.63, 3.8) is 0 Å². The summed E-state index contributed by atoms with van der Waals surface area (Å²) in [6, 6.07) is 21.3. The van der Waals surface area contributed by atoms with Crippen LogP contribution in [0, 0.1) is 11.3 Å². The van der Waals surface area contributed by atoms with Crippen LogP contribution in [-0.2, 0) is 0 Å². The second-order valence-corrected chi connectivity index (χ2v) is 8.79. The molecule has 0 spiro atoms. The molecule has 0 saturated heterocycles. The molecule has 0 saturated carbocycles. The van der Waals surface area contributed by atoms with E-state index >= 15 is 0 Å². The maximum Gasteiger partial charge on any atom is 0.343 e. The molecular weight excluding hydrogens is 466 g/mol. The normalized spacial score (nSPS) is 10.4. The number of nitrogens with zero attached hydrogens (tertiary/aromatic N) is 1. The zero-order valence-corrected chi connectivity index (χ0v) is 21.3. The average Bonchev–Trinajstić information content (AvgIpc) is 2.93. The fourth-order valence-corrected chi connectivity index (χ4v) is 3.70. The highest BCUT2D eigenvalue weighted by atomic mass is 16.5. The van der Waals surface area contributed by atoms with E-state index in [0.717, 1.165) is 12.2 Å². The lowest BCUT2D eigenvalue weighted by atomic mass is 10.1. The minimum atomic E-state index is -0.551. The first-order chi connectivity index (χ1) is 18.1. The van der Waals surface area contributed by atoms with Gasteiger partial charge in [-0.2, -0.15) is 5.26 Å². The predicted molar refractivity (Wildman–Crippen MR) is 142 cm³/mol. The van der Waals surface area contributed by atoms with Crippen LogP contribution in [0.4, 0.5) is 0 Å². The van der Waals surface area contributed by atoms with E-state index in [1.165, 1.54) is 69.2 Å². The monoisotopic (exact) mass is 499 g/mol. The van der Waals surface area contributed by atoms with Crippen LogP contribution in [0.25, 0.3) is 0 Å². The number of benzene rings is 3. The van der Waals surface area contributed by atoms with Crippen molar-refractivity contribution in [1.82, 2.24) is 0 Å². The van der Waals surface area contributed by atoms with E-state index in [9.17, 15) is 9.59 Å². The van der Waals surface area contributed by atoms with E-state index in [4.69, 9.17) is 19.5 Å². The Morgan fingerprint density at radius 2 is 1.05 bits per heavy atom. The van der Waals surface area contributed by atoms with Crippen LogP contribution in [-0.4, -0.2) is 18.5 Å². The van der Waals surface area contributed by atoms with Gasteiger partial charge in [-0.25, -0.2) is 9.59 Å². The summed E-state index contributed by atoms with van der Waals surface area (Å²) in [4.78, 5) is 24.8. The number of ether oxygens (including phenoxy) is 3. The molecule has 6 heteroatoms. The van der Waals surface area contributed by atoms with E-state index < -0.39 is 11.9 Å². The van der Waals surface area contributed by atoms with Gasteiger partial charge in [0.1, 0.15) is 17.2 Å². The summed E-state index contributed by atoms with van der Waals surface area (Å²) < 4.78 is 16.5. The largest absolute Gasteiger partial charge is 0.494 e. The Labute approximate surface area is 218 Å². The van der Waals surface area contributed by atoms with Crippen molar-refractivity contribution in [3.05, 3.63) is 89.5 Å². The summed E-state index contributed by atoms with van der Waals surface area (Å²) in [5.41, 5.74) is 1.19. The lowest BCUT2D eigenvalue weighted by Gasteiger charge is -2.08. The number of rotatable bonds is 14. The van der Waals surface area contributed by atoms with Gasteiger partial charge in [-0.05, 0) is 79.2 Å². The van der Waals surface area contributed by atoms with E-state index in [1.54, 1.807) is 48.5 Å². The average molecular weight is 500 g/mol. The standard InChI is InChI=1S/C31H33NO5/c1-2-3-4-5-6-7-8-9-22-35-27-18-12-25(13-19-27)30(33)37-29-20-14-26(15-21-29)31(34)36-28-16-10-24(23-32)11-17-28/h10-21H,2-9,22H2,1H3. The van der Waals surface area contributed by atoms with Gasteiger partial charge in [0.05, 0.1) is 29.4 Å². The van der Waals surface area contributed by atoms with Crippen LogP contribution < -0.4 is 14.2 Å². The molecule has 0 fully saturated rings. The van der Waals surface area contributed by atoms with E-state index in [-0.39, 0.29) is 0 Å². The maximum absolute atomic E-state index is 12.5. The van der Waals surface area contributed by atoms with Crippen LogP contribution >= 0.6 is 0 Å². The summed E-state index contributed by atoms with van der Waals surface area (Å²) in [6.45, 7) is 2.90. The summed E-state index contributed by atoms with van der Waals surface area (Å²) in [5, 5.41) is 8.84. The van der Waals surface area contributed by atoms with Crippen molar-refractivity contribution in [3.8, 4) is 23.3 Å². The number of esters is 2. The van der Waals surface area contributed by atoms with E-state index in [2.05, 4.69) is 6.92 Å². The van der Waals surface area contributed by atoms with Crippen LogP contribution in [0.1, 0.15) is 84.6 Å². The molecule has 37 heavy (non-hydrogen) atoms. The van der Waals surface area contributed by atoms with Crippen molar-refractivity contribution in [2.45, 2.75) is 58.3 Å². The molecular formula is C31H33NO5. The van der Waals surface area contributed by atoms with Gasteiger partial charge in [-0.15, -0.1) is 0 Å². The first-order valence-electron chi connectivity index (χ1n) is 12.9. The highest BCUT2D eigenvalue weighted by Gasteiger charge is 2.12. The minimum absolute atomic E-state index is 0.308. The van der Waals surface area contributed by atoms with E-state index in [0.29, 0.717) is 34.8 Å². The molecule has 0 aliphatic rings. The second-order valence-electron chi connectivity index (χ2n) is 8.79. The molecule has 0 aliphatic carbocycles. The summed E-state index contributed by atoms with van der Waals surface area (Å²) in [6.07, 6.45) is 10.00. The Bertz CT molecular complexity index is 1160. The first kappa shape index (κ1) is 27.5. The molecule has 0 unspecified atom stereocenters. The lowest BCUT2D eigenvalue weighted by molar-refractivity contribution is 0.0730. The zero-order valence-electron chi connectivity index (χ0n) is 21.3. The van der Waals surface area contributed by atoms with Crippen molar-refractivity contribution < 1.29 is 23.8 Å². The first-order valence-corrected chi connectivity index (χ1v) is 12.9. The molecule has 0 atom stereocenters. The highest BCUT2D eigenvalue weighted by molar-refractivity contribution is 5.92. The molecule has 0 N–H and O–H groups in total. The third-order valence-corrected chi connectivity index (χ3v) is 5.85. The van der Waals surface area contributed by atoms with E-state index in [1.807, 2.05) is 6.07 Å². The van der Waals surface area contributed by atoms with Gasteiger partial charge in [0.25, 0.3) is 0 Å². The number of carbonyl (C=O) groups is 2. The molecule has 0 aromatic heterocycles. The molecule has 0 heterocycles. The molecule has 3 rings (SSSR count). The lowest BCUT2D eigenvalue weighted by Crippen LogP contribution is -2.10. The Balaban J connectivity index is 1.40. The molecule has 192 valence electrons. The van der Waals surface area contributed by atoms with Crippen molar-refractivity contribution >= 4 is 11.9 Å². The molecule has 3 aromatic carbocycles. The van der Waals surface area contributed by atoms with Gasteiger partial charge in [-0.3, -0.25) is 0 Å². The molecule has 0 radical (unpaired) electrons. The van der Waals surface area contributed by atoms with Crippen LogP contribution in [0.2, 0.25) is 0 Å². The minimum Gasteiger partial charge on any atom is -0.494 e. The fraction of sp³-hybridized carbons (Fsp3) is 0.323. The molecule has 6 nitrogen and oxygen atoms in total. The number of carbonyl (C=O) groups excluding carboxylic acids is 2. The quantitative estimate of drug-likeness (QED) is 0.130. The summed E-state index contributed by atoms with van der Waals surface area (Å²) >= 11 is 0. The topological polar surface area (TPSA) is 85.6 Å². The van der Waals surface area contributed by atoms with Crippen LogP contribution in [0.3, 0.4) is 0 Å². The van der Waals surface area contributed by atoms with Gasteiger partial charge in [0.15, 0.2) is 0 Å². The number of nitriles is 1. The molecule has 0 amide bonds. The van der Waals surface area contributed by atoms with Crippen LogP contribution in [0.15, 0.2) is 72.8 Å². The van der Waals surface area contributed by atoms with Crippen molar-refractivity contribution in [2.24, 2.45) is 0 Å². The third-order valence-electron chi connectivity index (χ3n) is 5.85. The molecule has 0 aliphatic heterocycles. The Morgan fingerprint density at radius 1 is 0.622 bits per heavy atom. The Morgan fingerprint density at radius 3 is 1.54 bits per heavy atom. The third kappa shape index (κ3) is 9.46.